The zero-order chi connectivity index (χ0) is 26.9. The Morgan fingerprint density at radius 2 is 1.66 bits per heavy atom. The normalized spacial score (nSPS) is 13.6. The van der Waals surface area contributed by atoms with Crippen LogP contribution in [0.4, 0.5) is 14.9 Å². The highest BCUT2D eigenvalue weighted by molar-refractivity contribution is 7.09. The minimum atomic E-state index is -0.335. The first-order chi connectivity index (χ1) is 18.4. The molecule has 0 atom stereocenters. The van der Waals surface area contributed by atoms with E-state index in [0.29, 0.717) is 30.3 Å². The SMILES string of the molecule is COc1cc(NC(=O)N(CC(=O)N(Cc2ccc(F)cc2)Cc2cccs2)C2CCCCC2)cc(OC)c1. The summed E-state index contributed by atoms with van der Waals surface area (Å²) in [5.41, 5.74) is 1.36. The number of hydrogen-bond acceptors (Lipinski definition) is 5. The molecule has 1 aliphatic carbocycles. The molecule has 0 radical (unpaired) electrons. The quantitative estimate of drug-likeness (QED) is 0.328. The number of nitrogens with one attached hydrogen (secondary N) is 1. The van der Waals surface area contributed by atoms with Crippen LogP contribution in [0.15, 0.2) is 60.0 Å². The lowest BCUT2D eigenvalue weighted by Crippen LogP contribution is -2.49. The van der Waals surface area contributed by atoms with E-state index in [1.165, 1.54) is 12.1 Å². The van der Waals surface area contributed by atoms with Gasteiger partial charge in [-0.2, -0.15) is 0 Å². The lowest BCUT2D eigenvalue weighted by atomic mass is 9.94. The van der Waals surface area contributed by atoms with Gasteiger partial charge in [-0.3, -0.25) is 4.79 Å². The van der Waals surface area contributed by atoms with Crippen molar-refractivity contribution in [3.63, 3.8) is 0 Å². The largest absolute Gasteiger partial charge is 0.497 e. The second-order valence-corrected chi connectivity index (χ2v) is 10.4. The van der Waals surface area contributed by atoms with E-state index in [-0.39, 0.29) is 30.3 Å². The standard InChI is InChI=1S/C29H34FN3O4S/c1-36-25-15-23(16-26(17-25)37-2)31-29(35)33(24-7-4-3-5-8-24)20-28(34)32(19-27-9-6-14-38-27)18-21-10-12-22(30)13-11-21/h6,9-17,24H,3-5,7-8,18-20H2,1-2H3,(H,31,35). The molecule has 202 valence electrons. The molecule has 0 saturated heterocycles. The smallest absolute Gasteiger partial charge is 0.322 e. The molecule has 9 heteroatoms. The van der Waals surface area contributed by atoms with Gasteiger partial charge < -0.3 is 24.6 Å². The van der Waals surface area contributed by atoms with E-state index in [2.05, 4.69) is 5.32 Å². The van der Waals surface area contributed by atoms with Crippen LogP contribution in [0.25, 0.3) is 0 Å². The van der Waals surface area contributed by atoms with Gasteiger partial charge in [0.1, 0.15) is 23.9 Å². The fourth-order valence-electron chi connectivity index (χ4n) is 4.71. The number of amides is 3. The van der Waals surface area contributed by atoms with Gasteiger partial charge in [0.25, 0.3) is 0 Å². The van der Waals surface area contributed by atoms with E-state index >= 15 is 0 Å². The summed E-state index contributed by atoms with van der Waals surface area (Å²) in [4.78, 5) is 31.8. The van der Waals surface area contributed by atoms with Crippen LogP contribution in [-0.4, -0.2) is 48.5 Å². The number of rotatable bonds is 10. The van der Waals surface area contributed by atoms with Crippen LogP contribution in [0.3, 0.4) is 0 Å². The molecule has 7 nitrogen and oxygen atoms in total. The number of carbonyl (C=O) groups excluding carboxylic acids is 2. The molecule has 0 spiro atoms. The van der Waals surface area contributed by atoms with Crippen molar-refractivity contribution in [2.45, 2.75) is 51.2 Å². The molecule has 0 bridgehead atoms. The molecule has 0 unspecified atom stereocenters. The predicted molar refractivity (Wildman–Crippen MR) is 147 cm³/mol. The average Bonchev–Trinajstić information content (AvgIpc) is 3.45. The fraction of sp³-hybridized carbons (Fsp3) is 0.379. The summed E-state index contributed by atoms with van der Waals surface area (Å²) < 4.78 is 24.2. The molecule has 1 saturated carbocycles. The molecule has 1 N–H and O–H groups in total. The number of methoxy groups -OCH3 is 2. The topological polar surface area (TPSA) is 71.1 Å². The zero-order valence-corrected chi connectivity index (χ0v) is 22.6. The summed E-state index contributed by atoms with van der Waals surface area (Å²) in [5, 5.41) is 4.92. The lowest BCUT2D eigenvalue weighted by molar-refractivity contribution is -0.133. The van der Waals surface area contributed by atoms with Gasteiger partial charge in [-0.15, -0.1) is 11.3 Å². The first-order valence-corrected chi connectivity index (χ1v) is 13.7. The summed E-state index contributed by atoms with van der Waals surface area (Å²) >= 11 is 1.57. The summed E-state index contributed by atoms with van der Waals surface area (Å²) in [6, 6.07) is 14.9. The van der Waals surface area contributed by atoms with Gasteiger partial charge in [-0.05, 0) is 42.0 Å². The van der Waals surface area contributed by atoms with E-state index in [9.17, 15) is 14.0 Å². The van der Waals surface area contributed by atoms with Gasteiger partial charge in [0, 0.05) is 41.4 Å². The lowest BCUT2D eigenvalue weighted by Gasteiger charge is -2.35. The third-order valence-corrected chi connectivity index (χ3v) is 7.61. The van der Waals surface area contributed by atoms with Crippen LogP contribution < -0.4 is 14.8 Å². The van der Waals surface area contributed by atoms with Gasteiger partial charge in [-0.25, -0.2) is 9.18 Å². The Kier molecular flexibility index (Phi) is 9.59. The number of thiophene rings is 1. The van der Waals surface area contributed by atoms with Crippen molar-refractivity contribution in [3.05, 3.63) is 76.2 Å². The van der Waals surface area contributed by atoms with E-state index in [1.807, 2.05) is 17.5 Å². The number of urea groups is 1. The Labute approximate surface area is 227 Å². The van der Waals surface area contributed by atoms with Gasteiger partial charge in [-0.1, -0.05) is 37.5 Å². The fourth-order valence-corrected chi connectivity index (χ4v) is 5.43. The number of ether oxygens (including phenoxy) is 2. The Morgan fingerprint density at radius 3 is 2.26 bits per heavy atom. The number of hydrogen-bond donors (Lipinski definition) is 1. The van der Waals surface area contributed by atoms with Crippen molar-refractivity contribution in [1.29, 1.82) is 0 Å². The van der Waals surface area contributed by atoms with Crippen molar-refractivity contribution in [2.75, 3.05) is 26.1 Å². The Bertz CT molecular complexity index is 1170. The summed E-state index contributed by atoms with van der Waals surface area (Å²) in [5.74, 6) is 0.633. The zero-order valence-electron chi connectivity index (χ0n) is 21.8. The molecular weight excluding hydrogens is 505 g/mol. The molecule has 0 aliphatic heterocycles. The maximum atomic E-state index is 13.7. The maximum Gasteiger partial charge on any atom is 0.322 e. The van der Waals surface area contributed by atoms with Crippen LogP contribution in [0.2, 0.25) is 0 Å². The van der Waals surface area contributed by atoms with Crippen LogP contribution in [-0.2, 0) is 17.9 Å². The van der Waals surface area contributed by atoms with Crippen molar-refractivity contribution in [1.82, 2.24) is 9.80 Å². The second kappa shape index (κ2) is 13.3. The van der Waals surface area contributed by atoms with Crippen molar-refractivity contribution in [2.24, 2.45) is 0 Å². The van der Waals surface area contributed by atoms with E-state index in [4.69, 9.17) is 9.47 Å². The molecule has 1 aromatic heterocycles. The van der Waals surface area contributed by atoms with Crippen LogP contribution in [0.5, 0.6) is 11.5 Å². The Balaban J connectivity index is 1.55. The summed E-state index contributed by atoms with van der Waals surface area (Å²) in [6.45, 7) is 0.690. The number of carbonyl (C=O) groups is 2. The van der Waals surface area contributed by atoms with Gasteiger partial charge in [0.05, 0.1) is 20.8 Å². The highest BCUT2D eigenvalue weighted by Crippen LogP contribution is 2.28. The average molecular weight is 540 g/mol. The Morgan fingerprint density at radius 1 is 0.974 bits per heavy atom. The minimum Gasteiger partial charge on any atom is -0.497 e. The molecule has 38 heavy (non-hydrogen) atoms. The summed E-state index contributed by atoms with van der Waals surface area (Å²) in [7, 11) is 3.10. The molecule has 1 aliphatic rings. The van der Waals surface area contributed by atoms with Crippen molar-refractivity contribution < 1.29 is 23.5 Å². The van der Waals surface area contributed by atoms with E-state index in [0.717, 1.165) is 42.5 Å². The van der Waals surface area contributed by atoms with Gasteiger partial charge in [0.15, 0.2) is 0 Å². The molecule has 1 heterocycles. The number of halogens is 1. The van der Waals surface area contributed by atoms with Crippen molar-refractivity contribution in [3.8, 4) is 11.5 Å². The number of nitrogens with zero attached hydrogens (tertiary/aromatic N) is 2. The third kappa shape index (κ3) is 7.47. The van der Waals surface area contributed by atoms with Gasteiger partial charge in [0.2, 0.25) is 5.91 Å². The third-order valence-electron chi connectivity index (χ3n) is 6.75. The van der Waals surface area contributed by atoms with Crippen LogP contribution in [0, 0.1) is 5.82 Å². The molecule has 3 amide bonds. The molecular formula is C29H34FN3O4S. The number of anilines is 1. The molecule has 1 fully saturated rings. The number of benzene rings is 2. The van der Waals surface area contributed by atoms with Crippen molar-refractivity contribution >= 4 is 29.0 Å². The minimum absolute atomic E-state index is 0.0328. The summed E-state index contributed by atoms with van der Waals surface area (Å²) in [6.07, 6.45) is 4.87. The second-order valence-electron chi connectivity index (χ2n) is 9.41. The first-order valence-electron chi connectivity index (χ1n) is 12.8. The monoisotopic (exact) mass is 539 g/mol. The van der Waals surface area contributed by atoms with Gasteiger partial charge >= 0.3 is 6.03 Å². The van der Waals surface area contributed by atoms with Crippen LogP contribution >= 0.6 is 11.3 Å². The predicted octanol–water partition coefficient (Wildman–Crippen LogP) is 6.30. The highest BCUT2D eigenvalue weighted by Gasteiger charge is 2.29. The van der Waals surface area contributed by atoms with E-state index < -0.39 is 0 Å². The highest BCUT2D eigenvalue weighted by atomic mass is 32.1. The Hall–Kier alpha value is -3.59. The maximum absolute atomic E-state index is 13.7. The first kappa shape index (κ1) is 27.4. The van der Waals surface area contributed by atoms with Crippen LogP contribution in [0.1, 0.15) is 42.5 Å². The molecule has 3 aromatic rings. The van der Waals surface area contributed by atoms with E-state index in [1.54, 1.807) is 65.7 Å². The molecule has 2 aromatic carbocycles. The molecule has 4 rings (SSSR count).